The van der Waals surface area contributed by atoms with Crippen LogP contribution in [0.5, 0.6) is 5.75 Å². The van der Waals surface area contributed by atoms with Gasteiger partial charge in [-0.3, -0.25) is 4.79 Å². The molecule has 3 rings (SSSR count). The zero-order valence-corrected chi connectivity index (χ0v) is 14.7. The predicted octanol–water partition coefficient (Wildman–Crippen LogP) is 3.70. The number of aromatic carboxylic acids is 1. The molecule has 0 amide bonds. The Morgan fingerprint density at radius 1 is 1.10 bits per heavy atom. The Labute approximate surface area is 161 Å². The maximum absolute atomic E-state index is 12.6. The number of nitrogens with zero attached hydrogens (tertiary/aromatic N) is 1. The van der Waals surface area contributed by atoms with Crippen LogP contribution in [0.25, 0.3) is 16.6 Å². The summed E-state index contributed by atoms with van der Waals surface area (Å²) in [6, 6.07) is 10.1. The fraction of sp³-hybridized carbons (Fsp3) is 0.158. The van der Waals surface area contributed by atoms with Crippen molar-refractivity contribution in [2.24, 2.45) is 5.73 Å². The summed E-state index contributed by atoms with van der Waals surface area (Å²) in [6.07, 6.45) is -5.24. The standard InChI is InChI=1S/C19H15F3N2O5/c20-19(21,22)29-13-5-4-11-7-16(18(27)28)24(15(11)8-13)12-3-1-2-10(6-12)14(23)9-17(25)26/h1-8,14H,9,23H2,(H,25,26)(H,27,28). The van der Waals surface area contributed by atoms with Crippen LogP contribution in [0.4, 0.5) is 13.2 Å². The van der Waals surface area contributed by atoms with Crippen LogP contribution in [0.15, 0.2) is 48.5 Å². The topological polar surface area (TPSA) is 115 Å². The number of alkyl halides is 3. The zero-order chi connectivity index (χ0) is 21.3. The second kappa shape index (κ2) is 7.47. The molecule has 7 nitrogen and oxygen atoms in total. The minimum Gasteiger partial charge on any atom is -0.481 e. The molecule has 1 unspecified atom stereocenters. The summed E-state index contributed by atoms with van der Waals surface area (Å²) in [5.74, 6) is -2.89. The van der Waals surface area contributed by atoms with Gasteiger partial charge in [-0.05, 0) is 35.9 Å². The number of hydrogen-bond acceptors (Lipinski definition) is 4. The van der Waals surface area contributed by atoms with Crippen molar-refractivity contribution < 1.29 is 37.7 Å². The summed E-state index contributed by atoms with van der Waals surface area (Å²) in [5.41, 5.74) is 6.60. The fourth-order valence-corrected chi connectivity index (χ4v) is 3.01. The van der Waals surface area contributed by atoms with Crippen LogP contribution in [-0.2, 0) is 4.79 Å². The van der Waals surface area contributed by atoms with Gasteiger partial charge in [0.05, 0.1) is 11.9 Å². The van der Waals surface area contributed by atoms with Gasteiger partial charge in [0.25, 0.3) is 0 Å². The molecule has 29 heavy (non-hydrogen) atoms. The van der Waals surface area contributed by atoms with E-state index in [2.05, 4.69) is 4.74 Å². The van der Waals surface area contributed by atoms with E-state index >= 15 is 0 Å². The number of carboxylic acids is 2. The van der Waals surface area contributed by atoms with Crippen LogP contribution in [-0.4, -0.2) is 33.1 Å². The van der Waals surface area contributed by atoms with E-state index in [0.29, 0.717) is 16.6 Å². The first-order chi connectivity index (χ1) is 13.5. The minimum atomic E-state index is -4.90. The van der Waals surface area contributed by atoms with E-state index in [1.165, 1.54) is 22.8 Å². The Hall–Kier alpha value is -3.53. The third-order valence-electron chi connectivity index (χ3n) is 4.18. The average Bonchev–Trinajstić information content (AvgIpc) is 2.99. The molecule has 152 valence electrons. The largest absolute Gasteiger partial charge is 0.573 e. The van der Waals surface area contributed by atoms with E-state index in [9.17, 15) is 27.9 Å². The zero-order valence-electron chi connectivity index (χ0n) is 14.7. The van der Waals surface area contributed by atoms with E-state index in [0.717, 1.165) is 12.1 Å². The van der Waals surface area contributed by atoms with Crippen molar-refractivity contribution >= 4 is 22.8 Å². The Morgan fingerprint density at radius 2 is 1.83 bits per heavy atom. The molecule has 0 saturated carbocycles. The van der Waals surface area contributed by atoms with Crippen LogP contribution < -0.4 is 10.5 Å². The van der Waals surface area contributed by atoms with Crippen molar-refractivity contribution in [2.75, 3.05) is 0 Å². The first kappa shape index (κ1) is 20.2. The molecule has 2 aromatic carbocycles. The van der Waals surface area contributed by atoms with Gasteiger partial charge in [0, 0.05) is 23.2 Å². The number of aliphatic carboxylic acids is 1. The molecule has 0 bridgehead atoms. The highest BCUT2D eigenvalue weighted by molar-refractivity contribution is 5.96. The van der Waals surface area contributed by atoms with Crippen LogP contribution in [0.1, 0.15) is 28.5 Å². The summed E-state index contributed by atoms with van der Waals surface area (Å²) in [7, 11) is 0. The smallest absolute Gasteiger partial charge is 0.481 e. The first-order valence-electron chi connectivity index (χ1n) is 8.27. The average molecular weight is 408 g/mol. The molecule has 0 spiro atoms. The Morgan fingerprint density at radius 3 is 2.45 bits per heavy atom. The third-order valence-corrected chi connectivity index (χ3v) is 4.18. The summed E-state index contributed by atoms with van der Waals surface area (Å²) in [5, 5.41) is 18.8. The Balaban J connectivity index is 2.16. The van der Waals surface area contributed by atoms with E-state index in [-0.39, 0.29) is 17.6 Å². The van der Waals surface area contributed by atoms with Gasteiger partial charge in [0.15, 0.2) is 0 Å². The van der Waals surface area contributed by atoms with Crippen LogP contribution in [0.2, 0.25) is 0 Å². The minimum absolute atomic E-state index is 0.174. The van der Waals surface area contributed by atoms with Crippen molar-refractivity contribution in [3.05, 3.63) is 59.8 Å². The monoisotopic (exact) mass is 408 g/mol. The number of aromatic nitrogens is 1. The number of hydrogen-bond donors (Lipinski definition) is 3. The molecule has 0 aliphatic rings. The summed E-state index contributed by atoms with van der Waals surface area (Å²) < 4.78 is 42.9. The van der Waals surface area contributed by atoms with Gasteiger partial charge in [0.2, 0.25) is 0 Å². The van der Waals surface area contributed by atoms with Crippen LogP contribution in [0.3, 0.4) is 0 Å². The number of fused-ring (bicyclic) bond motifs is 1. The van der Waals surface area contributed by atoms with Gasteiger partial charge >= 0.3 is 18.3 Å². The van der Waals surface area contributed by atoms with E-state index in [1.54, 1.807) is 18.2 Å². The number of rotatable bonds is 6. The van der Waals surface area contributed by atoms with Gasteiger partial charge in [0.1, 0.15) is 11.4 Å². The molecule has 10 heteroatoms. The molecule has 0 fully saturated rings. The molecule has 0 aliphatic carbocycles. The van der Waals surface area contributed by atoms with E-state index in [1.807, 2.05) is 0 Å². The number of carbonyl (C=O) groups is 2. The maximum atomic E-state index is 12.6. The van der Waals surface area contributed by atoms with Gasteiger partial charge < -0.3 is 25.3 Å². The lowest BCUT2D eigenvalue weighted by Crippen LogP contribution is -2.17. The summed E-state index contributed by atoms with van der Waals surface area (Å²) in [4.78, 5) is 22.6. The molecule has 4 N–H and O–H groups in total. The molecular weight excluding hydrogens is 393 g/mol. The maximum Gasteiger partial charge on any atom is 0.573 e. The Kier molecular flexibility index (Phi) is 5.21. The Bertz CT molecular complexity index is 1090. The molecule has 1 atom stereocenters. The second-order valence-electron chi connectivity index (χ2n) is 6.24. The lowest BCUT2D eigenvalue weighted by Gasteiger charge is -2.14. The number of ether oxygens (including phenoxy) is 1. The van der Waals surface area contributed by atoms with E-state index < -0.39 is 30.1 Å². The van der Waals surface area contributed by atoms with E-state index in [4.69, 9.17) is 10.8 Å². The van der Waals surface area contributed by atoms with Gasteiger partial charge in [-0.25, -0.2) is 4.79 Å². The molecule has 3 aromatic rings. The molecule has 1 heterocycles. The third kappa shape index (κ3) is 4.49. The highest BCUT2D eigenvalue weighted by Gasteiger charge is 2.31. The first-order valence-corrected chi connectivity index (χ1v) is 8.27. The van der Waals surface area contributed by atoms with Gasteiger partial charge in [-0.1, -0.05) is 12.1 Å². The normalized spacial score (nSPS) is 12.7. The molecule has 0 aliphatic heterocycles. The lowest BCUT2D eigenvalue weighted by molar-refractivity contribution is -0.274. The van der Waals surface area contributed by atoms with Crippen molar-refractivity contribution in [3.63, 3.8) is 0 Å². The van der Waals surface area contributed by atoms with Crippen molar-refractivity contribution in [3.8, 4) is 11.4 Å². The highest BCUT2D eigenvalue weighted by atomic mass is 19.4. The van der Waals surface area contributed by atoms with Gasteiger partial charge in [-0.2, -0.15) is 0 Å². The number of carboxylic acid groups (broad SMARTS) is 2. The van der Waals surface area contributed by atoms with Gasteiger partial charge in [-0.15, -0.1) is 13.2 Å². The summed E-state index contributed by atoms with van der Waals surface area (Å²) >= 11 is 0. The molecular formula is C19H15F3N2O5. The fourth-order valence-electron chi connectivity index (χ4n) is 3.01. The predicted molar refractivity (Wildman–Crippen MR) is 96.1 cm³/mol. The van der Waals surface area contributed by atoms with Crippen LogP contribution in [0, 0.1) is 0 Å². The quantitative estimate of drug-likeness (QED) is 0.573. The number of nitrogens with two attached hydrogens (primary N) is 1. The van der Waals surface area contributed by atoms with Crippen molar-refractivity contribution in [1.29, 1.82) is 0 Å². The SMILES string of the molecule is NC(CC(=O)O)c1cccc(-n2c(C(=O)O)cc3ccc(OC(F)(F)F)cc32)c1. The molecule has 0 saturated heterocycles. The number of benzene rings is 2. The van der Waals surface area contributed by atoms with Crippen molar-refractivity contribution in [1.82, 2.24) is 4.57 Å². The lowest BCUT2D eigenvalue weighted by atomic mass is 10.0. The number of halogens is 3. The van der Waals surface area contributed by atoms with Crippen molar-refractivity contribution in [2.45, 2.75) is 18.8 Å². The summed E-state index contributed by atoms with van der Waals surface area (Å²) in [6.45, 7) is 0. The second-order valence-corrected chi connectivity index (χ2v) is 6.24. The van der Waals surface area contributed by atoms with Crippen LogP contribution >= 0.6 is 0 Å². The molecule has 1 aromatic heterocycles. The molecule has 0 radical (unpaired) electrons. The highest BCUT2D eigenvalue weighted by Crippen LogP contribution is 2.31.